The molecule has 3 aliphatic rings. The Morgan fingerprint density at radius 2 is 1.69 bits per heavy atom. The lowest BCUT2D eigenvalue weighted by atomic mass is 9.81. The van der Waals surface area contributed by atoms with Crippen molar-refractivity contribution in [2.75, 3.05) is 22.9 Å². The fourth-order valence-corrected chi connectivity index (χ4v) is 6.46. The molecule has 5 nitrogen and oxygen atoms in total. The lowest BCUT2D eigenvalue weighted by Crippen LogP contribution is -2.72. The maximum Gasteiger partial charge on any atom is 0.129 e. The van der Waals surface area contributed by atoms with E-state index in [9.17, 15) is 0 Å². The van der Waals surface area contributed by atoms with Gasteiger partial charge in [-0.3, -0.25) is 0 Å². The van der Waals surface area contributed by atoms with Crippen LogP contribution in [0, 0.1) is 11.3 Å². The second-order valence-corrected chi connectivity index (χ2v) is 10.3. The first-order chi connectivity index (χ1) is 17.3. The van der Waals surface area contributed by atoms with Crippen molar-refractivity contribution in [3.63, 3.8) is 0 Å². The number of rotatable bonds is 4. The fourth-order valence-electron chi connectivity index (χ4n) is 6.46. The number of pyridine rings is 1. The Balaban J connectivity index is 1.27. The van der Waals surface area contributed by atoms with E-state index in [2.05, 4.69) is 75.8 Å². The molecule has 3 heterocycles. The van der Waals surface area contributed by atoms with Gasteiger partial charge in [0.15, 0.2) is 0 Å². The fraction of sp³-hybridized carbons (Fsp3) is 0.400. The van der Waals surface area contributed by atoms with Gasteiger partial charge in [-0.25, -0.2) is 4.98 Å². The summed E-state index contributed by atoms with van der Waals surface area (Å²) < 4.78 is 0. The summed E-state index contributed by atoms with van der Waals surface area (Å²) in [6, 6.07) is 27.4. The molecule has 4 atom stereocenters. The first-order valence-corrected chi connectivity index (χ1v) is 13.1. The van der Waals surface area contributed by atoms with Crippen LogP contribution in [-0.4, -0.2) is 42.2 Å². The van der Waals surface area contributed by atoms with Crippen molar-refractivity contribution in [1.82, 2.24) is 10.3 Å². The van der Waals surface area contributed by atoms with Gasteiger partial charge in [-0.1, -0.05) is 43.2 Å². The van der Waals surface area contributed by atoms with Gasteiger partial charge >= 0.3 is 0 Å². The Morgan fingerprint density at radius 3 is 2.51 bits per heavy atom. The molecule has 1 aliphatic carbocycles. The normalized spacial score (nSPS) is 25.9. The number of piperidine rings is 1. The second-order valence-electron chi connectivity index (χ2n) is 10.3. The average Bonchev–Trinajstić information content (AvgIpc) is 2.92. The van der Waals surface area contributed by atoms with E-state index >= 15 is 0 Å². The molecular formula is C30H33N5. The molecule has 1 aromatic heterocycles. The largest absolute Gasteiger partial charge is 0.370 e. The highest BCUT2D eigenvalue weighted by Crippen LogP contribution is 2.37. The summed E-state index contributed by atoms with van der Waals surface area (Å²) in [6.45, 7) is 2.01. The van der Waals surface area contributed by atoms with Gasteiger partial charge in [-0.2, -0.15) is 5.26 Å². The van der Waals surface area contributed by atoms with Gasteiger partial charge in [0.1, 0.15) is 5.82 Å². The van der Waals surface area contributed by atoms with Gasteiger partial charge in [0.2, 0.25) is 0 Å². The molecule has 2 unspecified atom stereocenters. The van der Waals surface area contributed by atoms with Crippen molar-refractivity contribution in [1.29, 1.82) is 5.26 Å². The Hall–Kier alpha value is -3.36. The second kappa shape index (κ2) is 9.71. The molecule has 0 spiro atoms. The van der Waals surface area contributed by atoms with E-state index in [-0.39, 0.29) is 0 Å². The van der Waals surface area contributed by atoms with Crippen LogP contribution in [0.25, 0.3) is 0 Å². The first-order valence-electron chi connectivity index (χ1n) is 13.1. The highest BCUT2D eigenvalue weighted by Gasteiger charge is 2.46. The maximum absolute atomic E-state index is 9.16. The zero-order chi connectivity index (χ0) is 23.6. The van der Waals surface area contributed by atoms with Gasteiger partial charge in [-0.05, 0) is 73.2 Å². The summed E-state index contributed by atoms with van der Waals surface area (Å²) in [5, 5.41) is 13.2. The molecule has 3 fully saturated rings. The van der Waals surface area contributed by atoms with E-state index in [0.717, 1.165) is 37.3 Å². The molecule has 2 saturated heterocycles. The minimum Gasteiger partial charge on any atom is -0.370 e. The number of nitriles is 1. The van der Waals surface area contributed by atoms with Crippen molar-refractivity contribution in [3.8, 4) is 6.07 Å². The molecule has 178 valence electrons. The van der Waals surface area contributed by atoms with Crippen LogP contribution < -0.4 is 15.1 Å². The van der Waals surface area contributed by atoms with Crippen molar-refractivity contribution in [2.45, 2.75) is 62.7 Å². The lowest BCUT2D eigenvalue weighted by Gasteiger charge is -2.56. The molecular weight excluding hydrogens is 430 g/mol. The quantitative estimate of drug-likeness (QED) is 0.596. The summed E-state index contributed by atoms with van der Waals surface area (Å²) >= 11 is 0. The molecule has 0 radical (unpaired) electrons. The Bertz CT molecular complexity index is 1190. The molecule has 35 heavy (non-hydrogen) atoms. The summed E-state index contributed by atoms with van der Waals surface area (Å²) in [7, 11) is 0. The predicted octanol–water partition coefficient (Wildman–Crippen LogP) is 4.91. The van der Waals surface area contributed by atoms with E-state index in [1.54, 1.807) is 0 Å². The Labute approximate surface area is 208 Å². The van der Waals surface area contributed by atoms with Gasteiger partial charge in [0.25, 0.3) is 0 Å². The molecule has 0 amide bonds. The van der Waals surface area contributed by atoms with Crippen LogP contribution in [0.3, 0.4) is 0 Å². The number of piperazine rings is 1. The Kier molecular flexibility index (Phi) is 6.14. The van der Waals surface area contributed by atoms with E-state index in [1.165, 1.54) is 42.5 Å². The lowest BCUT2D eigenvalue weighted by molar-refractivity contribution is 0.188. The molecule has 5 heteroatoms. The van der Waals surface area contributed by atoms with Crippen molar-refractivity contribution < 1.29 is 0 Å². The zero-order valence-electron chi connectivity index (χ0n) is 20.2. The zero-order valence-corrected chi connectivity index (χ0v) is 20.2. The van der Waals surface area contributed by atoms with Crippen LogP contribution in [0.4, 0.5) is 11.5 Å². The smallest absolute Gasteiger partial charge is 0.129 e. The summed E-state index contributed by atoms with van der Waals surface area (Å²) in [6.07, 6.45) is 9.14. The van der Waals surface area contributed by atoms with Crippen LogP contribution in [0.1, 0.15) is 48.8 Å². The highest BCUT2D eigenvalue weighted by atomic mass is 15.3. The molecule has 2 aliphatic heterocycles. The van der Waals surface area contributed by atoms with E-state index in [1.807, 2.05) is 18.3 Å². The molecule has 6 rings (SSSR count). The van der Waals surface area contributed by atoms with Gasteiger partial charge in [0.05, 0.1) is 11.6 Å². The monoisotopic (exact) mass is 463 g/mol. The third kappa shape index (κ3) is 4.51. The summed E-state index contributed by atoms with van der Waals surface area (Å²) in [5.74, 6) is 1.15. The Morgan fingerprint density at radius 1 is 0.886 bits per heavy atom. The number of fused-ring (bicyclic) bond motifs is 2. The summed E-state index contributed by atoms with van der Waals surface area (Å²) in [4.78, 5) is 10.1. The maximum atomic E-state index is 9.16. The minimum atomic E-state index is 0.401. The van der Waals surface area contributed by atoms with Crippen LogP contribution in [-0.2, 0) is 6.42 Å². The van der Waals surface area contributed by atoms with Crippen LogP contribution in [0.15, 0.2) is 72.9 Å². The molecule has 2 aromatic carbocycles. The number of benzene rings is 2. The number of nitrogens with zero attached hydrogens (tertiary/aromatic N) is 4. The first kappa shape index (κ1) is 22.1. The van der Waals surface area contributed by atoms with Gasteiger partial charge < -0.3 is 15.1 Å². The van der Waals surface area contributed by atoms with E-state index in [0.29, 0.717) is 24.2 Å². The molecule has 0 bridgehead atoms. The number of anilines is 2. The van der Waals surface area contributed by atoms with Crippen LogP contribution in [0.5, 0.6) is 0 Å². The van der Waals surface area contributed by atoms with Gasteiger partial charge in [0, 0.05) is 49.1 Å². The number of nitrogens with one attached hydrogen (secondary N) is 1. The van der Waals surface area contributed by atoms with E-state index < -0.39 is 0 Å². The third-order valence-corrected chi connectivity index (χ3v) is 8.14. The topological polar surface area (TPSA) is 55.2 Å². The van der Waals surface area contributed by atoms with Crippen molar-refractivity contribution in [3.05, 3.63) is 89.6 Å². The number of hydrogen-bond acceptors (Lipinski definition) is 5. The van der Waals surface area contributed by atoms with Crippen LogP contribution >= 0.6 is 0 Å². The molecule has 3 aromatic rings. The third-order valence-electron chi connectivity index (χ3n) is 8.14. The standard InChI is InChI=1S/C30H33N5/c31-20-23-10-12-25(13-11-23)34-17-15-29-27(21-34)33-26-8-4-5-9-28(26)35(29)30-19-24(14-16-32-30)18-22-6-2-1-3-7-22/h1-3,6-7,10-14,16,19,26-29,33H,4-5,8-9,15,17-18,21H2/t26-,27?,28-,29?/m1/s1. The average molecular weight is 464 g/mol. The summed E-state index contributed by atoms with van der Waals surface area (Å²) in [5.41, 5.74) is 4.61. The highest BCUT2D eigenvalue weighted by molar-refractivity contribution is 5.52. The molecule has 1 saturated carbocycles. The van der Waals surface area contributed by atoms with Crippen LogP contribution in [0.2, 0.25) is 0 Å². The molecule has 1 N–H and O–H groups in total. The number of aromatic nitrogens is 1. The van der Waals surface area contributed by atoms with Crippen molar-refractivity contribution in [2.24, 2.45) is 0 Å². The van der Waals surface area contributed by atoms with Gasteiger partial charge in [-0.15, -0.1) is 0 Å². The SMILES string of the molecule is N#Cc1ccc(N2CCC3C(C2)N[C@@H]2CCCC[C@H]2N3c2cc(Cc3ccccc3)ccn2)cc1. The van der Waals surface area contributed by atoms with Crippen molar-refractivity contribution >= 4 is 11.5 Å². The minimum absolute atomic E-state index is 0.401. The predicted molar refractivity (Wildman–Crippen MR) is 141 cm³/mol. The number of hydrogen-bond donors (Lipinski definition) is 1. The van der Waals surface area contributed by atoms with E-state index in [4.69, 9.17) is 10.2 Å².